The van der Waals surface area contributed by atoms with Crippen LogP contribution in [0, 0.1) is 0 Å². The lowest BCUT2D eigenvalue weighted by atomic mass is 9.70. The zero-order chi connectivity index (χ0) is 15.3. The summed E-state index contributed by atoms with van der Waals surface area (Å²) in [5.41, 5.74) is 4.43. The molecule has 0 atom stereocenters. The van der Waals surface area contributed by atoms with E-state index in [0.717, 1.165) is 24.0 Å². The quantitative estimate of drug-likeness (QED) is 0.847. The van der Waals surface area contributed by atoms with Gasteiger partial charge in [-0.05, 0) is 35.1 Å². The van der Waals surface area contributed by atoms with Crippen molar-refractivity contribution in [2.75, 3.05) is 0 Å². The molecule has 2 nitrogen and oxygen atoms in total. The molecule has 0 heterocycles. The van der Waals surface area contributed by atoms with Crippen LogP contribution in [0.5, 0.6) is 0 Å². The molecule has 0 saturated carbocycles. The standard InChI is InChI=1S/C19H24O2/c1-3-19(4-2,17-9-5-15(13-20)6-10-17)18-11-7-16(14-21)8-12-18/h5-12,20-21H,3-4,13-14H2,1-2H3. The first kappa shape index (κ1) is 15.7. The Morgan fingerprint density at radius 1 is 0.667 bits per heavy atom. The summed E-state index contributed by atoms with van der Waals surface area (Å²) in [5.74, 6) is 0. The van der Waals surface area contributed by atoms with Gasteiger partial charge < -0.3 is 10.2 Å². The average molecular weight is 284 g/mol. The van der Waals surface area contributed by atoms with Crippen LogP contribution in [0.2, 0.25) is 0 Å². The van der Waals surface area contributed by atoms with Crippen LogP contribution in [0.15, 0.2) is 48.5 Å². The van der Waals surface area contributed by atoms with Crippen molar-refractivity contribution in [3.63, 3.8) is 0 Å². The van der Waals surface area contributed by atoms with Crippen LogP contribution < -0.4 is 0 Å². The number of benzene rings is 2. The third-order valence-electron chi connectivity index (χ3n) is 4.59. The van der Waals surface area contributed by atoms with Crippen molar-refractivity contribution >= 4 is 0 Å². The molecular weight excluding hydrogens is 260 g/mol. The molecule has 0 amide bonds. The van der Waals surface area contributed by atoms with E-state index >= 15 is 0 Å². The third kappa shape index (κ3) is 3.02. The highest BCUT2D eigenvalue weighted by molar-refractivity contribution is 5.41. The van der Waals surface area contributed by atoms with Gasteiger partial charge in [-0.2, -0.15) is 0 Å². The predicted molar refractivity (Wildman–Crippen MR) is 86.1 cm³/mol. The molecule has 2 N–H and O–H groups in total. The van der Waals surface area contributed by atoms with Crippen molar-refractivity contribution in [3.05, 3.63) is 70.8 Å². The first-order valence-corrected chi connectivity index (χ1v) is 7.60. The fourth-order valence-corrected chi connectivity index (χ4v) is 3.09. The molecule has 0 spiro atoms. The number of rotatable bonds is 6. The van der Waals surface area contributed by atoms with Crippen LogP contribution >= 0.6 is 0 Å². The van der Waals surface area contributed by atoms with Gasteiger partial charge >= 0.3 is 0 Å². The van der Waals surface area contributed by atoms with Crippen molar-refractivity contribution in [1.29, 1.82) is 0 Å². The second-order valence-corrected chi connectivity index (χ2v) is 5.50. The lowest BCUT2D eigenvalue weighted by Gasteiger charge is -2.33. The van der Waals surface area contributed by atoms with Crippen molar-refractivity contribution in [1.82, 2.24) is 0 Å². The Labute approximate surface area is 127 Å². The van der Waals surface area contributed by atoms with E-state index in [9.17, 15) is 10.2 Å². The summed E-state index contributed by atoms with van der Waals surface area (Å²) in [6.45, 7) is 4.58. The fraction of sp³-hybridized carbons (Fsp3) is 0.368. The van der Waals surface area contributed by atoms with Crippen LogP contribution in [0.25, 0.3) is 0 Å². The maximum atomic E-state index is 9.20. The van der Waals surface area contributed by atoms with Gasteiger partial charge in [-0.15, -0.1) is 0 Å². The van der Waals surface area contributed by atoms with Gasteiger partial charge in [-0.25, -0.2) is 0 Å². The van der Waals surface area contributed by atoms with E-state index in [1.165, 1.54) is 11.1 Å². The Bertz CT molecular complexity index is 502. The predicted octanol–water partition coefficient (Wildman–Crippen LogP) is 3.78. The summed E-state index contributed by atoms with van der Waals surface area (Å²) in [6.07, 6.45) is 2.03. The van der Waals surface area contributed by atoms with Crippen LogP contribution in [0.3, 0.4) is 0 Å². The number of aliphatic hydroxyl groups excluding tert-OH is 2. The highest BCUT2D eigenvalue weighted by Crippen LogP contribution is 2.38. The monoisotopic (exact) mass is 284 g/mol. The van der Waals surface area contributed by atoms with Crippen molar-refractivity contribution in [2.45, 2.75) is 45.3 Å². The summed E-state index contributed by atoms with van der Waals surface area (Å²) in [4.78, 5) is 0. The lowest BCUT2D eigenvalue weighted by molar-refractivity contribution is 0.281. The Balaban J connectivity index is 2.46. The van der Waals surface area contributed by atoms with E-state index in [1.54, 1.807) is 0 Å². The average Bonchev–Trinajstić information content (AvgIpc) is 2.57. The summed E-state index contributed by atoms with van der Waals surface area (Å²) < 4.78 is 0. The fourth-order valence-electron chi connectivity index (χ4n) is 3.09. The Morgan fingerprint density at radius 2 is 1.00 bits per heavy atom. The summed E-state index contributed by atoms with van der Waals surface area (Å²) in [7, 11) is 0. The minimum atomic E-state index is -0.0119. The number of hydrogen-bond acceptors (Lipinski definition) is 2. The van der Waals surface area contributed by atoms with Gasteiger partial charge in [-0.3, -0.25) is 0 Å². The Kier molecular flexibility index (Phi) is 5.16. The largest absolute Gasteiger partial charge is 0.392 e. The van der Waals surface area contributed by atoms with Gasteiger partial charge in [0.25, 0.3) is 0 Å². The van der Waals surface area contributed by atoms with Crippen molar-refractivity contribution in [2.24, 2.45) is 0 Å². The zero-order valence-corrected chi connectivity index (χ0v) is 12.8. The van der Waals surface area contributed by atoms with E-state index in [1.807, 2.05) is 24.3 Å². The van der Waals surface area contributed by atoms with Gasteiger partial charge in [0.15, 0.2) is 0 Å². The number of aliphatic hydroxyl groups is 2. The Morgan fingerprint density at radius 3 is 1.24 bits per heavy atom. The molecule has 2 rings (SSSR count). The molecule has 2 heteroatoms. The zero-order valence-electron chi connectivity index (χ0n) is 12.8. The normalized spacial score (nSPS) is 11.6. The number of hydrogen-bond donors (Lipinski definition) is 2. The van der Waals surface area contributed by atoms with Gasteiger partial charge in [0.2, 0.25) is 0 Å². The van der Waals surface area contributed by atoms with Crippen molar-refractivity contribution in [3.8, 4) is 0 Å². The lowest BCUT2D eigenvalue weighted by Crippen LogP contribution is -2.26. The summed E-state index contributed by atoms with van der Waals surface area (Å²) >= 11 is 0. The van der Waals surface area contributed by atoms with Crippen molar-refractivity contribution < 1.29 is 10.2 Å². The van der Waals surface area contributed by atoms with Gasteiger partial charge in [0.1, 0.15) is 0 Å². The van der Waals surface area contributed by atoms with E-state index in [2.05, 4.69) is 38.1 Å². The first-order valence-electron chi connectivity index (χ1n) is 7.60. The maximum absolute atomic E-state index is 9.20. The molecule has 0 aliphatic heterocycles. The molecule has 112 valence electrons. The third-order valence-corrected chi connectivity index (χ3v) is 4.59. The van der Waals surface area contributed by atoms with E-state index in [4.69, 9.17) is 0 Å². The SMILES string of the molecule is CCC(CC)(c1ccc(CO)cc1)c1ccc(CO)cc1. The summed E-state index contributed by atoms with van der Waals surface area (Å²) in [6, 6.07) is 16.5. The molecule has 0 aromatic heterocycles. The molecule has 0 saturated heterocycles. The van der Waals surface area contributed by atoms with Gasteiger partial charge in [0.05, 0.1) is 13.2 Å². The van der Waals surface area contributed by atoms with Gasteiger partial charge in [-0.1, -0.05) is 62.4 Å². The molecule has 0 aliphatic carbocycles. The molecule has 0 radical (unpaired) electrons. The van der Waals surface area contributed by atoms with E-state index in [-0.39, 0.29) is 18.6 Å². The minimum absolute atomic E-state index is 0.0119. The molecule has 0 bridgehead atoms. The van der Waals surface area contributed by atoms with Crippen LogP contribution in [-0.4, -0.2) is 10.2 Å². The van der Waals surface area contributed by atoms with Crippen LogP contribution in [-0.2, 0) is 18.6 Å². The van der Waals surface area contributed by atoms with Gasteiger partial charge in [0, 0.05) is 5.41 Å². The van der Waals surface area contributed by atoms with E-state index in [0.29, 0.717) is 0 Å². The van der Waals surface area contributed by atoms with Crippen LogP contribution in [0.1, 0.15) is 48.9 Å². The first-order chi connectivity index (χ1) is 10.2. The molecule has 0 unspecified atom stereocenters. The smallest absolute Gasteiger partial charge is 0.0681 e. The van der Waals surface area contributed by atoms with E-state index < -0.39 is 0 Å². The molecule has 2 aromatic rings. The molecular formula is C19H24O2. The second kappa shape index (κ2) is 6.88. The Hall–Kier alpha value is -1.64. The summed E-state index contributed by atoms with van der Waals surface area (Å²) in [5, 5.41) is 18.4. The molecule has 0 aliphatic rings. The highest BCUT2D eigenvalue weighted by atomic mass is 16.3. The van der Waals surface area contributed by atoms with Crippen LogP contribution in [0.4, 0.5) is 0 Å². The molecule has 2 aromatic carbocycles. The molecule has 0 fully saturated rings. The highest BCUT2D eigenvalue weighted by Gasteiger charge is 2.30. The minimum Gasteiger partial charge on any atom is -0.392 e. The topological polar surface area (TPSA) is 40.5 Å². The second-order valence-electron chi connectivity index (χ2n) is 5.50. The maximum Gasteiger partial charge on any atom is 0.0681 e. The molecule has 21 heavy (non-hydrogen) atoms.